The maximum absolute atomic E-state index is 3.96. The second-order valence-corrected chi connectivity index (χ2v) is 42.5. The van der Waals surface area contributed by atoms with Gasteiger partial charge in [0.15, 0.2) is 6.71 Å². The Labute approximate surface area is 565 Å². The van der Waals surface area contributed by atoms with E-state index in [1.807, 2.05) is 0 Å². The first-order chi connectivity index (χ1) is 44.0. The fourth-order valence-corrected chi connectivity index (χ4v) is 31.9. The molecule has 0 radical (unpaired) electrons. The van der Waals surface area contributed by atoms with Gasteiger partial charge in [-0.05, 0) is 261 Å². The number of rotatable bonds is 8. The molecule has 14 saturated carbocycles. The highest BCUT2D eigenvalue weighted by Crippen LogP contribution is 2.71. The van der Waals surface area contributed by atoms with Crippen LogP contribution in [0.4, 0.5) is 0 Å². The zero-order chi connectivity index (χ0) is 62.1. The summed E-state index contributed by atoms with van der Waals surface area (Å²) in [5.41, 5.74) is 1.25. The molecule has 0 spiro atoms. The van der Waals surface area contributed by atoms with Crippen molar-refractivity contribution in [1.82, 2.24) is 9.80 Å². The average Bonchev–Trinajstić information content (AvgIpc) is 0.723. The van der Waals surface area contributed by atoms with Crippen LogP contribution in [0.15, 0.2) is 0 Å². The molecule has 0 bridgehead atoms. The number of nitrogens with zero attached hydrogens (tertiary/aromatic N) is 2. The molecule has 514 valence electrons. The molecule has 0 amide bonds. The minimum Gasteiger partial charge on any atom is -0.295 e. The molecule has 0 aromatic rings. The molecule has 0 aromatic heterocycles. The van der Waals surface area contributed by atoms with E-state index in [1.165, 1.54) is 32.1 Å². The van der Waals surface area contributed by atoms with Gasteiger partial charge in [-0.2, -0.15) is 0 Å². The first-order valence-electron chi connectivity index (χ1n) is 43.6. The van der Waals surface area contributed by atoms with E-state index >= 15 is 0 Å². The molecule has 3 heteroatoms. The standard InChI is InChI=1S/C88H149BN2/c1-86(2,3)66-47-63-41-42-64-48-67(87(4,5)6)53-74-73(50-65(49-66)81(63)82(64)74)62-43-45-75-78(52-62)91(85-71(59-33-21-13-22-34-59)39-26-40-72(85)60-35-23-14-24-36-60)80-55-68(88(7,8)9)54-79-83(80)89(75)76-51-61(56-27-15-10-16-28-56)44-46-77(76)90(79)84-69(57-29-17-11-18-30-57)37-25-38-70(84)58-31-19-12-20-32-58/h56-85H,10-55H2,1-9H3. The predicted octanol–water partition coefficient (Wildman–Crippen LogP) is 24.6. The highest BCUT2D eigenvalue weighted by atomic mass is 15.3. The lowest BCUT2D eigenvalue weighted by Crippen LogP contribution is -2.77. The van der Waals surface area contributed by atoms with Gasteiger partial charge in [-0.25, -0.2) is 0 Å². The molecule has 2 nitrogen and oxygen atoms in total. The van der Waals surface area contributed by atoms with Crippen molar-refractivity contribution in [3.8, 4) is 0 Å². The van der Waals surface area contributed by atoms with Crippen LogP contribution < -0.4 is 0 Å². The number of fused-ring (bicyclic) bond motifs is 4. The molecule has 23 atom stereocenters. The van der Waals surface area contributed by atoms with E-state index in [2.05, 4.69) is 72.1 Å². The largest absolute Gasteiger partial charge is 0.295 e. The molecule has 91 heavy (non-hydrogen) atoms. The van der Waals surface area contributed by atoms with Crippen LogP contribution >= 0.6 is 0 Å². The third-order valence-electron chi connectivity index (χ3n) is 35.9. The van der Waals surface area contributed by atoms with Gasteiger partial charge in [-0.1, -0.05) is 255 Å². The van der Waals surface area contributed by atoms with Gasteiger partial charge >= 0.3 is 0 Å². The third-order valence-corrected chi connectivity index (χ3v) is 35.9. The monoisotopic (exact) mass is 1250 g/mol. The quantitative estimate of drug-likeness (QED) is 0.224. The van der Waals surface area contributed by atoms with E-state index < -0.39 is 0 Å². The van der Waals surface area contributed by atoms with E-state index in [-0.39, 0.29) is 0 Å². The second kappa shape index (κ2) is 26.8. The smallest absolute Gasteiger partial charge is 0.156 e. The van der Waals surface area contributed by atoms with Crippen LogP contribution in [0.3, 0.4) is 0 Å². The van der Waals surface area contributed by atoms with Crippen LogP contribution in [0, 0.1) is 141 Å². The highest BCUT2D eigenvalue weighted by molar-refractivity contribution is 6.65. The average molecular weight is 1250 g/mol. The van der Waals surface area contributed by atoms with Crippen molar-refractivity contribution in [2.75, 3.05) is 0 Å². The van der Waals surface area contributed by atoms with Gasteiger partial charge in [-0.15, -0.1) is 0 Å². The summed E-state index contributed by atoms with van der Waals surface area (Å²) >= 11 is 0. The fourth-order valence-electron chi connectivity index (χ4n) is 31.9. The Kier molecular flexibility index (Phi) is 19.3. The normalized spacial score (nSPS) is 48.2. The molecule has 0 N–H and O–H groups in total. The van der Waals surface area contributed by atoms with Crippen molar-refractivity contribution in [3.63, 3.8) is 0 Å². The summed E-state index contributed by atoms with van der Waals surface area (Å²) < 4.78 is 0. The minimum atomic E-state index is 0.359. The van der Waals surface area contributed by atoms with E-state index in [0.29, 0.717) is 16.2 Å². The minimum absolute atomic E-state index is 0.359. The van der Waals surface area contributed by atoms with Crippen molar-refractivity contribution < 1.29 is 0 Å². The van der Waals surface area contributed by atoms with Crippen LogP contribution in [0.1, 0.15) is 358 Å². The van der Waals surface area contributed by atoms with Gasteiger partial charge in [0.05, 0.1) is 0 Å². The Morgan fingerprint density at radius 1 is 0.231 bits per heavy atom. The van der Waals surface area contributed by atoms with Gasteiger partial charge in [-0.3, -0.25) is 9.80 Å². The molecular weight excluding hydrogens is 1100 g/mol. The van der Waals surface area contributed by atoms with Gasteiger partial charge in [0.2, 0.25) is 0 Å². The van der Waals surface area contributed by atoms with Gasteiger partial charge in [0.1, 0.15) is 0 Å². The summed E-state index contributed by atoms with van der Waals surface area (Å²) in [4.78, 5) is 7.82. The Balaban J connectivity index is 0.864. The molecule has 23 unspecified atom stereocenters. The topological polar surface area (TPSA) is 6.48 Å². The van der Waals surface area contributed by atoms with Crippen LogP contribution in [0.5, 0.6) is 0 Å². The van der Waals surface area contributed by atoms with Gasteiger partial charge in [0.25, 0.3) is 0 Å². The van der Waals surface area contributed by atoms with E-state index in [4.69, 9.17) is 0 Å². The van der Waals surface area contributed by atoms with E-state index in [1.54, 1.807) is 263 Å². The molecule has 2 heterocycles. The summed E-state index contributed by atoms with van der Waals surface area (Å²) in [7, 11) is 0. The van der Waals surface area contributed by atoms with E-state index in [0.717, 1.165) is 185 Å². The molecule has 16 rings (SSSR count). The lowest BCUT2D eigenvalue weighted by atomic mass is 9.17. The Morgan fingerprint density at radius 2 is 0.626 bits per heavy atom. The van der Waals surface area contributed by atoms with Crippen molar-refractivity contribution >= 4 is 6.71 Å². The predicted molar refractivity (Wildman–Crippen MR) is 387 cm³/mol. The lowest BCUT2D eigenvalue weighted by Gasteiger charge is -2.72. The third kappa shape index (κ3) is 12.4. The molecule has 0 aromatic carbocycles. The number of hydrogen-bond donors (Lipinski definition) is 0. The molecule has 16 fully saturated rings. The molecule has 2 saturated heterocycles. The highest BCUT2D eigenvalue weighted by Gasteiger charge is 2.69. The SMILES string of the molecule is CC(C)(C)C1CC2CCC3CC(C(C)(C)C)CC4C(C5CCC6B7C8CC(C9CCCCC9)CCC8N(C8C(C9CCCCC9)CCCC8C8CCCCC8)C8CC(C(C)(C)C)CC(C78)N(C7C(C8CCCCC8)CCCC7C7CCCCC7)C6C5)CC(C1)C2C34. The van der Waals surface area contributed by atoms with Gasteiger partial charge in [0, 0.05) is 36.3 Å². The summed E-state index contributed by atoms with van der Waals surface area (Å²) in [5, 5.41) is 0. The van der Waals surface area contributed by atoms with Crippen molar-refractivity contribution in [2.45, 2.75) is 411 Å². The van der Waals surface area contributed by atoms with Crippen LogP contribution in [-0.2, 0) is 0 Å². The molecular formula is C88H149BN2. The summed E-state index contributed by atoms with van der Waals surface area (Å²) in [6.07, 6.45) is 72.6. The van der Waals surface area contributed by atoms with Crippen LogP contribution in [0.2, 0.25) is 17.5 Å². The zero-order valence-electron chi connectivity index (χ0n) is 61.8. The summed E-state index contributed by atoms with van der Waals surface area (Å²) in [6, 6.07) is 5.14. The van der Waals surface area contributed by atoms with Crippen LogP contribution in [0.25, 0.3) is 0 Å². The molecule has 2 aliphatic heterocycles. The summed E-state index contributed by atoms with van der Waals surface area (Å²) in [6.45, 7) is 25.6. The number of hydrogen-bond acceptors (Lipinski definition) is 2. The maximum atomic E-state index is 3.96. The Hall–Kier alpha value is -0.0151. The molecule has 16 aliphatic rings. The first kappa shape index (κ1) is 65.6. The van der Waals surface area contributed by atoms with Crippen molar-refractivity contribution in [2.24, 2.45) is 141 Å². The second-order valence-electron chi connectivity index (χ2n) is 42.5. The first-order valence-corrected chi connectivity index (χ1v) is 43.6. The zero-order valence-corrected chi connectivity index (χ0v) is 61.8. The van der Waals surface area contributed by atoms with Crippen molar-refractivity contribution in [1.29, 1.82) is 0 Å². The Morgan fingerprint density at radius 3 is 1.10 bits per heavy atom. The summed E-state index contributed by atoms with van der Waals surface area (Å²) in [5.74, 6) is 23.7. The van der Waals surface area contributed by atoms with Gasteiger partial charge < -0.3 is 0 Å². The van der Waals surface area contributed by atoms with Crippen molar-refractivity contribution in [3.05, 3.63) is 0 Å². The van der Waals surface area contributed by atoms with Crippen LogP contribution in [-0.4, -0.2) is 52.8 Å². The fraction of sp³-hybridized carbons (Fsp3) is 1.00. The Bertz CT molecular complexity index is 2310. The maximum Gasteiger partial charge on any atom is 0.156 e. The lowest BCUT2D eigenvalue weighted by molar-refractivity contribution is -0.159. The molecule has 14 aliphatic carbocycles. The van der Waals surface area contributed by atoms with E-state index in [9.17, 15) is 0 Å².